The molecule has 0 saturated carbocycles. The smallest absolute Gasteiger partial charge is 0.131 e. The molecule has 3 rings (SSSR count). The van der Waals surface area contributed by atoms with E-state index in [4.69, 9.17) is 0 Å². The van der Waals surface area contributed by atoms with Gasteiger partial charge in [0.05, 0.1) is 6.10 Å². The Labute approximate surface area is 99.9 Å². The lowest BCUT2D eigenvalue weighted by molar-refractivity contribution is 0.166. The molecule has 88 valence electrons. The fraction of sp³-hybridized carbons (Fsp3) is 0.333. The molecule has 0 spiro atoms. The summed E-state index contributed by atoms with van der Waals surface area (Å²) in [6.45, 7) is 0. The number of aliphatic hydroxyl groups excluding tert-OH is 1. The zero-order valence-corrected chi connectivity index (χ0v) is 9.62. The average Bonchev–Trinajstić information content (AvgIpc) is 2.53. The molecule has 2 aromatic carbocycles. The van der Waals surface area contributed by atoms with Gasteiger partial charge in [0.15, 0.2) is 0 Å². The van der Waals surface area contributed by atoms with Gasteiger partial charge in [-0.3, -0.25) is 0 Å². The van der Waals surface area contributed by atoms with E-state index in [9.17, 15) is 9.50 Å². The number of hydrogen-bond acceptors (Lipinski definition) is 1. The Hall–Kier alpha value is -1.41. The Morgan fingerprint density at radius 1 is 1.12 bits per heavy atom. The second-order valence-electron chi connectivity index (χ2n) is 4.73. The van der Waals surface area contributed by atoms with E-state index in [1.165, 1.54) is 6.07 Å². The number of aryl methyl sites for hydroxylation is 1. The van der Waals surface area contributed by atoms with Gasteiger partial charge in [0.2, 0.25) is 0 Å². The van der Waals surface area contributed by atoms with Gasteiger partial charge in [-0.2, -0.15) is 0 Å². The molecule has 17 heavy (non-hydrogen) atoms. The second-order valence-corrected chi connectivity index (χ2v) is 4.73. The van der Waals surface area contributed by atoms with E-state index in [1.54, 1.807) is 0 Å². The van der Waals surface area contributed by atoms with Crippen molar-refractivity contribution in [2.24, 2.45) is 0 Å². The van der Waals surface area contributed by atoms with Gasteiger partial charge in [0.1, 0.15) is 5.82 Å². The first kappa shape index (κ1) is 10.7. The monoisotopic (exact) mass is 230 g/mol. The minimum atomic E-state index is -0.508. The lowest BCUT2D eigenvalue weighted by atomic mass is 9.94. The van der Waals surface area contributed by atoms with Crippen molar-refractivity contribution in [1.82, 2.24) is 0 Å². The van der Waals surface area contributed by atoms with Crippen molar-refractivity contribution >= 4 is 10.8 Å². The molecule has 0 fully saturated rings. The van der Waals surface area contributed by atoms with Crippen molar-refractivity contribution in [1.29, 1.82) is 0 Å². The Kier molecular flexibility index (Phi) is 2.60. The number of hydrogen-bond donors (Lipinski definition) is 1. The van der Waals surface area contributed by atoms with Gasteiger partial charge in [-0.15, -0.1) is 0 Å². The van der Waals surface area contributed by atoms with E-state index in [0.29, 0.717) is 5.39 Å². The molecule has 1 aliphatic rings. The number of rotatable bonds is 0. The minimum absolute atomic E-state index is 0.222. The van der Waals surface area contributed by atoms with Crippen LogP contribution in [-0.4, -0.2) is 5.11 Å². The third-order valence-electron chi connectivity index (χ3n) is 3.65. The maximum Gasteiger partial charge on any atom is 0.131 e. The van der Waals surface area contributed by atoms with E-state index in [2.05, 4.69) is 0 Å². The van der Waals surface area contributed by atoms with Crippen molar-refractivity contribution in [2.45, 2.75) is 31.8 Å². The summed E-state index contributed by atoms with van der Waals surface area (Å²) in [4.78, 5) is 0. The summed E-state index contributed by atoms with van der Waals surface area (Å²) < 4.78 is 14.0. The molecule has 0 aliphatic heterocycles. The summed E-state index contributed by atoms with van der Waals surface area (Å²) in [5, 5.41) is 11.7. The van der Waals surface area contributed by atoms with Crippen LogP contribution in [-0.2, 0) is 6.42 Å². The van der Waals surface area contributed by atoms with Crippen LogP contribution in [0.2, 0.25) is 0 Å². The van der Waals surface area contributed by atoms with Crippen LogP contribution in [0.15, 0.2) is 30.3 Å². The molecule has 0 heterocycles. The van der Waals surface area contributed by atoms with Crippen LogP contribution in [0, 0.1) is 5.82 Å². The van der Waals surface area contributed by atoms with Gasteiger partial charge in [-0.25, -0.2) is 4.39 Å². The lowest BCUT2D eigenvalue weighted by Gasteiger charge is -2.14. The summed E-state index contributed by atoms with van der Waals surface area (Å²) in [6.07, 6.45) is 3.25. The quantitative estimate of drug-likeness (QED) is 0.683. The van der Waals surface area contributed by atoms with E-state index < -0.39 is 6.10 Å². The third-order valence-corrected chi connectivity index (χ3v) is 3.65. The molecule has 1 nitrogen and oxygen atoms in total. The molecule has 0 aromatic heterocycles. The molecule has 0 unspecified atom stereocenters. The van der Waals surface area contributed by atoms with Crippen molar-refractivity contribution in [2.75, 3.05) is 0 Å². The Balaban J connectivity index is 2.34. The van der Waals surface area contributed by atoms with Crippen molar-refractivity contribution in [3.8, 4) is 0 Å². The summed E-state index contributed by atoms with van der Waals surface area (Å²) in [7, 11) is 0. The topological polar surface area (TPSA) is 20.2 Å². The van der Waals surface area contributed by atoms with E-state index in [0.717, 1.165) is 42.2 Å². The maximum atomic E-state index is 14.0. The first-order valence-corrected chi connectivity index (χ1v) is 6.15. The van der Waals surface area contributed by atoms with Crippen molar-refractivity contribution in [3.05, 3.63) is 47.3 Å². The number of halogens is 1. The molecule has 0 bridgehead atoms. The van der Waals surface area contributed by atoms with Gasteiger partial charge in [0, 0.05) is 5.39 Å². The van der Waals surface area contributed by atoms with Gasteiger partial charge in [0.25, 0.3) is 0 Å². The number of aliphatic hydroxyl groups is 1. The van der Waals surface area contributed by atoms with E-state index in [-0.39, 0.29) is 5.82 Å². The van der Waals surface area contributed by atoms with Crippen molar-refractivity contribution < 1.29 is 9.50 Å². The predicted octanol–water partition coefficient (Wildman–Crippen LogP) is 3.74. The SMILES string of the molecule is O[C@@H]1CCCCc2c1cc(F)c1ccccc21. The summed E-state index contributed by atoms with van der Waals surface area (Å²) >= 11 is 0. The first-order chi connectivity index (χ1) is 8.27. The van der Waals surface area contributed by atoms with Crippen LogP contribution in [0.5, 0.6) is 0 Å². The van der Waals surface area contributed by atoms with E-state index in [1.807, 2.05) is 24.3 Å². The van der Waals surface area contributed by atoms with Crippen LogP contribution in [0.1, 0.15) is 36.5 Å². The van der Waals surface area contributed by atoms with Gasteiger partial charge in [-0.1, -0.05) is 30.7 Å². The van der Waals surface area contributed by atoms with Crippen LogP contribution < -0.4 is 0 Å². The maximum absolute atomic E-state index is 14.0. The lowest BCUT2D eigenvalue weighted by Crippen LogP contribution is -2.01. The molecule has 2 aromatic rings. The van der Waals surface area contributed by atoms with Crippen LogP contribution in [0.3, 0.4) is 0 Å². The Bertz CT molecular complexity index is 562. The van der Waals surface area contributed by atoms with Crippen LogP contribution >= 0.6 is 0 Å². The Morgan fingerprint density at radius 3 is 2.71 bits per heavy atom. The molecular weight excluding hydrogens is 215 g/mol. The predicted molar refractivity (Wildman–Crippen MR) is 66.4 cm³/mol. The average molecular weight is 230 g/mol. The highest BCUT2D eigenvalue weighted by Gasteiger charge is 2.20. The Morgan fingerprint density at radius 2 is 1.88 bits per heavy atom. The molecule has 1 N–H and O–H groups in total. The highest BCUT2D eigenvalue weighted by atomic mass is 19.1. The highest BCUT2D eigenvalue weighted by molar-refractivity contribution is 5.87. The molecule has 1 aliphatic carbocycles. The highest BCUT2D eigenvalue weighted by Crippen LogP contribution is 2.34. The summed E-state index contributed by atoms with van der Waals surface area (Å²) in [6, 6.07) is 9.06. The fourth-order valence-corrected chi connectivity index (χ4v) is 2.78. The summed E-state index contributed by atoms with van der Waals surface area (Å²) in [5.41, 5.74) is 1.92. The first-order valence-electron chi connectivity index (χ1n) is 6.15. The fourth-order valence-electron chi connectivity index (χ4n) is 2.78. The van der Waals surface area contributed by atoms with Crippen LogP contribution in [0.4, 0.5) is 4.39 Å². The zero-order chi connectivity index (χ0) is 11.8. The molecule has 0 amide bonds. The van der Waals surface area contributed by atoms with Gasteiger partial charge in [-0.05, 0) is 41.8 Å². The standard InChI is InChI=1S/C15H15FO/c16-14-9-13-11(6-3-4-8-15(13)17)10-5-1-2-7-12(10)14/h1-2,5,7,9,15,17H,3-4,6,8H2/t15-/m1/s1. The molecule has 2 heteroatoms. The van der Waals surface area contributed by atoms with Crippen LogP contribution in [0.25, 0.3) is 10.8 Å². The largest absolute Gasteiger partial charge is 0.388 e. The third kappa shape index (κ3) is 1.73. The summed E-state index contributed by atoms with van der Waals surface area (Å²) in [5.74, 6) is -0.222. The minimum Gasteiger partial charge on any atom is -0.388 e. The molecule has 0 saturated heterocycles. The van der Waals surface area contributed by atoms with E-state index >= 15 is 0 Å². The number of fused-ring (bicyclic) bond motifs is 3. The molecule has 0 radical (unpaired) electrons. The number of benzene rings is 2. The molecular formula is C15H15FO. The normalized spacial score (nSPS) is 20.0. The zero-order valence-electron chi connectivity index (χ0n) is 9.62. The molecule has 1 atom stereocenters. The van der Waals surface area contributed by atoms with Crippen molar-refractivity contribution in [3.63, 3.8) is 0 Å². The second kappa shape index (κ2) is 4.11. The van der Waals surface area contributed by atoms with Gasteiger partial charge >= 0.3 is 0 Å². The van der Waals surface area contributed by atoms with Gasteiger partial charge < -0.3 is 5.11 Å².